The molecule has 0 spiro atoms. The highest BCUT2D eigenvalue weighted by Gasteiger charge is 2.31. The van der Waals surface area contributed by atoms with Crippen LogP contribution in [-0.2, 0) is 40.1 Å². The number of carbonyl (C=O) groups excluding carboxylic acids is 2. The minimum atomic E-state index is -3.78. The van der Waals surface area contributed by atoms with Crippen molar-refractivity contribution in [3.8, 4) is 11.8 Å². The summed E-state index contributed by atoms with van der Waals surface area (Å²) in [6.45, 7) is -0.249. The zero-order chi connectivity index (χ0) is 27.4. The van der Waals surface area contributed by atoms with Gasteiger partial charge in [0.05, 0.1) is 6.54 Å². The molecule has 2 aliphatic rings. The Labute approximate surface area is 216 Å². The van der Waals surface area contributed by atoms with Crippen molar-refractivity contribution in [2.75, 3.05) is 16.9 Å². The number of carbonyl (C=O) groups is 2. The second kappa shape index (κ2) is 9.21. The molecule has 5 rings (SSSR count). The highest BCUT2D eigenvalue weighted by molar-refractivity contribution is 7.90. The molecule has 0 atom stereocenters. The first-order valence-electron chi connectivity index (χ1n) is 11.8. The fourth-order valence-electron chi connectivity index (χ4n) is 3.85. The van der Waals surface area contributed by atoms with Crippen molar-refractivity contribution in [3.05, 3.63) is 32.6 Å². The number of sulfone groups is 1. The van der Waals surface area contributed by atoms with Crippen LogP contribution < -0.4 is 21.9 Å². The van der Waals surface area contributed by atoms with Gasteiger partial charge in [0.1, 0.15) is 11.5 Å². The average Bonchev–Trinajstić information content (AvgIpc) is 3.75. The average molecular weight is 541 g/mol. The smallest absolute Gasteiger partial charge is 0.312 e. The third-order valence-electron chi connectivity index (χ3n) is 6.21. The number of nitrogens with one attached hydrogen (secondary N) is 2. The van der Waals surface area contributed by atoms with Gasteiger partial charge in [-0.25, -0.2) is 18.2 Å². The molecule has 2 aliphatic carbocycles. The van der Waals surface area contributed by atoms with E-state index < -0.39 is 21.1 Å². The molecule has 2 saturated carbocycles. The Morgan fingerprint density at radius 2 is 1.63 bits per heavy atom. The molecule has 2 N–H and O–H groups in total. The summed E-state index contributed by atoms with van der Waals surface area (Å²) in [5.74, 6) is 5.17. The lowest BCUT2D eigenvalue weighted by Crippen LogP contribution is -2.38. The van der Waals surface area contributed by atoms with Crippen LogP contribution in [0.4, 0.5) is 11.8 Å². The summed E-state index contributed by atoms with van der Waals surface area (Å²) in [6, 6.07) is 1.45. The van der Waals surface area contributed by atoms with E-state index in [1.807, 2.05) is 0 Å². The number of fused-ring (bicyclic) bond motifs is 1. The summed E-state index contributed by atoms with van der Waals surface area (Å²) < 4.78 is 27.3. The summed E-state index contributed by atoms with van der Waals surface area (Å²) >= 11 is 0. The van der Waals surface area contributed by atoms with E-state index in [0.717, 1.165) is 45.6 Å². The molecule has 38 heavy (non-hydrogen) atoms. The van der Waals surface area contributed by atoms with Gasteiger partial charge >= 0.3 is 5.69 Å². The maximum atomic E-state index is 12.8. The predicted molar refractivity (Wildman–Crippen MR) is 135 cm³/mol. The van der Waals surface area contributed by atoms with Gasteiger partial charge in [0, 0.05) is 38.3 Å². The number of nitrogens with zero attached hydrogens (tertiary/aromatic N) is 6. The molecule has 0 saturated heterocycles. The van der Waals surface area contributed by atoms with Crippen LogP contribution in [0, 0.1) is 23.7 Å². The highest BCUT2D eigenvalue weighted by atomic mass is 32.2. The van der Waals surface area contributed by atoms with Gasteiger partial charge in [-0.3, -0.25) is 28.8 Å². The lowest BCUT2D eigenvalue weighted by Gasteiger charge is -2.08. The van der Waals surface area contributed by atoms with E-state index in [0.29, 0.717) is 0 Å². The van der Waals surface area contributed by atoms with Crippen molar-refractivity contribution < 1.29 is 18.0 Å². The van der Waals surface area contributed by atoms with Gasteiger partial charge in [0.15, 0.2) is 11.2 Å². The monoisotopic (exact) mass is 540 g/mol. The topological polar surface area (TPSA) is 180 Å². The largest absolute Gasteiger partial charge is 0.333 e. The van der Waals surface area contributed by atoms with Crippen LogP contribution in [-0.4, -0.2) is 55.1 Å². The number of hydrogen-bond acceptors (Lipinski definition) is 9. The van der Waals surface area contributed by atoms with Gasteiger partial charge in [-0.15, -0.1) is 0 Å². The van der Waals surface area contributed by atoms with Crippen molar-refractivity contribution >= 4 is 44.6 Å². The molecule has 0 unspecified atom stereocenters. The molecular formula is C23H24N8O6S. The maximum Gasteiger partial charge on any atom is 0.333 e. The molecule has 3 aromatic heterocycles. The van der Waals surface area contributed by atoms with Gasteiger partial charge in [-0.1, -0.05) is 5.92 Å². The molecule has 0 radical (unpaired) electrons. The summed E-state index contributed by atoms with van der Waals surface area (Å²) in [5, 5.41) is 4.99. The van der Waals surface area contributed by atoms with E-state index in [1.165, 1.54) is 20.2 Å². The highest BCUT2D eigenvalue weighted by Crippen LogP contribution is 2.31. The van der Waals surface area contributed by atoms with Gasteiger partial charge in [0.25, 0.3) is 5.56 Å². The summed E-state index contributed by atoms with van der Waals surface area (Å²) in [6.07, 6.45) is 4.12. The van der Waals surface area contributed by atoms with Crippen molar-refractivity contribution in [1.29, 1.82) is 0 Å². The quantitative estimate of drug-likeness (QED) is 0.385. The number of aryl methyl sites for hydroxylation is 1. The molecule has 0 aromatic carbocycles. The molecule has 198 valence electrons. The van der Waals surface area contributed by atoms with Crippen molar-refractivity contribution in [2.24, 2.45) is 25.9 Å². The van der Waals surface area contributed by atoms with E-state index in [2.05, 4.69) is 37.4 Å². The lowest BCUT2D eigenvalue weighted by molar-refractivity contribution is -0.118. The van der Waals surface area contributed by atoms with Crippen molar-refractivity contribution in [3.63, 3.8) is 0 Å². The van der Waals surface area contributed by atoms with Gasteiger partial charge in [-0.05, 0) is 31.6 Å². The number of hydrogen-bond donors (Lipinski definition) is 2. The Morgan fingerprint density at radius 1 is 1.00 bits per heavy atom. The SMILES string of the molecule is Cn1c(=O)c2c(nc(S(C)(=O)=O)n2C)n(CC#Cc2cc(NC(=O)C3CC3)nc(NC(=O)C3CC3)n2)c1=O. The van der Waals surface area contributed by atoms with Crippen molar-refractivity contribution in [1.82, 2.24) is 28.7 Å². The Hall–Kier alpha value is -4.32. The first kappa shape index (κ1) is 25.3. The van der Waals surface area contributed by atoms with Crippen LogP contribution >= 0.6 is 0 Å². The van der Waals surface area contributed by atoms with E-state index >= 15 is 0 Å². The standard InChI is InChI=1S/C23H24N8O6S/c1-29-16-17(27-22(29)38(3,36)37)31(23(35)30(2)20(16)34)10-4-5-14-11-15(25-18(32)12-6-7-12)26-21(24-14)28-19(33)13-8-9-13/h11-13H,6-10H2,1-3H3,(H2,24,25,26,28,32,33). The molecule has 2 amide bonds. The normalized spacial score (nSPS) is 15.1. The molecule has 2 fully saturated rings. The predicted octanol–water partition coefficient (Wildman–Crippen LogP) is -0.624. The van der Waals surface area contributed by atoms with Crippen LogP contribution in [0.1, 0.15) is 31.4 Å². The Bertz CT molecular complexity index is 1750. The van der Waals surface area contributed by atoms with Crippen LogP contribution in [0.3, 0.4) is 0 Å². The first-order valence-corrected chi connectivity index (χ1v) is 13.7. The summed E-state index contributed by atoms with van der Waals surface area (Å²) in [4.78, 5) is 62.5. The maximum absolute atomic E-state index is 12.8. The molecule has 15 heteroatoms. The Balaban J connectivity index is 1.51. The number of imidazole rings is 1. The Morgan fingerprint density at radius 3 is 2.24 bits per heavy atom. The van der Waals surface area contributed by atoms with Gasteiger partial charge in [-0.2, -0.15) is 9.97 Å². The Kier molecular flexibility index (Phi) is 6.14. The fraction of sp³-hybridized carbons (Fsp3) is 0.435. The molecule has 14 nitrogen and oxygen atoms in total. The van der Waals surface area contributed by atoms with Crippen LogP contribution in [0.15, 0.2) is 20.8 Å². The van der Waals surface area contributed by atoms with Crippen molar-refractivity contribution in [2.45, 2.75) is 37.4 Å². The van der Waals surface area contributed by atoms with E-state index in [1.54, 1.807) is 0 Å². The minimum absolute atomic E-state index is 0.0102. The summed E-state index contributed by atoms with van der Waals surface area (Å²) in [5.41, 5.74) is -1.43. The van der Waals surface area contributed by atoms with Crippen LogP contribution in [0.2, 0.25) is 0 Å². The second-order valence-electron chi connectivity index (χ2n) is 9.42. The van der Waals surface area contributed by atoms with E-state index in [4.69, 9.17) is 0 Å². The van der Waals surface area contributed by atoms with Crippen LogP contribution in [0.25, 0.3) is 11.2 Å². The third-order valence-corrected chi connectivity index (χ3v) is 7.24. The van der Waals surface area contributed by atoms with Gasteiger partial charge < -0.3 is 9.88 Å². The van der Waals surface area contributed by atoms with E-state index in [9.17, 15) is 27.6 Å². The van der Waals surface area contributed by atoms with Gasteiger partial charge in [0.2, 0.25) is 32.8 Å². The number of amides is 2. The number of aromatic nitrogens is 6. The zero-order valence-electron chi connectivity index (χ0n) is 20.8. The molecule has 0 aliphatic heterocycles. The molecule has 3 heterocycles. The molecular weight excluding hydrogens is 516 g/mol. The molecule has 0 bridgehead atoms. The zero-order valence-corrected chi connectivity index (χ0v) is 21.6. The first-order chi connectivity index (χ1) is 17.9. The number of anilines is 2. The lowest BCUT2D eigenvalue weighted by atomic mass is 10.3. The third kappa shape index (κ3) is 4.94. The second-order valence-corrected chi connectivity index (χ2v) is 11.3. The number of rotatable bonds is 6. The minimum Gasteiger partial charge on any atom is -0.312 e. The van der Waals surface area contributed by atoms with Crippen LogP contribution in [0.5, 0.6) is 0 Å². The summed E-state index contributed by atoms with van der Waals surface area (Å²) in [7, 11) is -1.13. The van der Waals surface area contributed by atoms with E-state index in [-0.39, 0.29) is 64.0 Å². The molecule has 3 aromatic rings. The fourth-order valence-corrected chi connectivity index (χ4v) is 4.70.